The molecule has 2 aliphatic heterocycles. The maximum atomic E-state index is 13.6. The Kier molecular flexibility index (Phi) is 8.08. The molecule has 0 atom stereocenters. The monoisotopic (exact) mass is 521 g/mol. The van der Waals surface area contributed by atoms with E-state index in [0.29, 0.717) is 10.8 Å². The fourth-order valence-electron chi connectivity index (χ4n) is 5.45. The number of carbonyl (C=O) groups is 1. The number of piperidine rings is 2. The summed E-state index contributed by atoms with van der Waals surface area (Å²) in [5, 5.41) is 7.29. The summed E-state index contributed by atoms with van der Waals surface area (Å²) in [5.74, 6) is 1.20. The SMILES string of the molecule is O=C(NC1CCN(Cc2cccc(Oc3ccccc3Cl)c2)CC1)C1(c2ccc(F)cc2)CCNCC1. The molecule has 7 heteroatoms. The predicted molar refractivity (Wildman–Crippen MR) is 145 cm³/mol. The molecule has 2 N–H and O–H groups in total. The highest BCUT2D eigenvalue weighted by atomic mass is 35.5. The van der Waals surface area contributed by atoms with Crippen molar-refractivity contribution in [3.63, 3.8) is 0 Å². The first-order valence-corrected chi connectivity index (χ1v) is 13.4. The number of para-hydroxylation sites is 1. The van der Waals surface area contributed by atoms with E-state index in [1.807, 2.05) is 36.4 Å². The Morgan fingerprint density at radius 3 is 2.49 bits per heavy atom. The highest BCUT2D eigenvalue weighted by molar-refractivity contribution is 6.32. The number of carbonyl (C=O) groups excluding carboxylic acids is 1. The zero-order valence-electron chi connectivity index (χ0n) is 20.9. The van der Waals surface area contributed by atoms with Crippen molar-refractivity contribution in [2.24, 2.45) is 0 Å². The fourth-order valence-corrected chi connectivity index (χ4v) is 5.62. The number of ether oxygens (including phenoxy) is 1. The minimum Gasteiger partial charge on any atom is -0.456 e. The van der Waals surface area contributed by atoms with E-state index >= 15 is 0 Å². The molecule has 0 radical (unpaired) electrons. The van der Waals surface area contributed by atoms with Crippen LogP contribution in [0.4, 0.5) is 4.39 Å². The first-order valence-electron chi connectivity index (χ1n) is 13.0. The maximum Gasteiger partial charge on any atom is 0.230 e. The first-order chi connectivity index (χ1) is 18.0. The largest absolute Gasteiger partial charge is 0.456 e. The number of hydrogen-bond donors (Lipinski definition) is 2. The second-order valence-electron chi connectivity index (χ2n) is 10.0. The topological polar surface area (TPSA) is 53.6 Å². The second kappa shape index (κ2) is 11.6. The minimum absolute atomic E-state index is 0.0727. The molecule has 2 aliphatic rings. The number of likely N-dealkylation sites (tertiary alicyclic amines) is 1. The van der Waals surface area contributed by atoms with E-state index in [2.05, 4.69) is 27.7 Å². The Balaban J connectivity index is 1.17. The summed E-state index contributed by atoms with van der Waals surface area (Å²) < 4.78 is 19.5. The number of nitrogens with one attached hydrogen (secondary N) is 2. The van der Waals surface area contributed by atoms with Gasteiger partial charge in [-0.25, -0.2) is 4.39 Å². The summed E-state index contributed by atoms with van der Waals surface area (Å²) in [6, 6.07) is 22.2. The highest BCUT2D eigenvalue weighted by Gasteiger charge is 2.42. The van der Waals surface area contributed by atoms with Crippen LogP contribution in [0.15, 0.2) is 72.8 Å². The van der Waals surface area contributed by atoms with Crippen molar-refractivity contribution in [1.29, 1.82) is 0 Å². The van der Waals surface area contributed by atoms with Gasteiger partial charge < -0.3 is 15.4 Å². The summed E-state index contributed by atoms with van der Waals surface area (Å²) in [4.78, 5) is 16.0. The van der Waals surface area contributed by atoms with Crippen LogP contribution in [-0.4, -0.2) is 43.0 Å². The fraction of sp³-hybridized carbons (Fsp3) is 0.367. The molecule has 2 fully saturated rings. The van der Waals surface area contributed by atoms with E-state index in [9.17, 15) is 9.18 Å². The van der Waals surface area contributed by atoms with Crippen molar-refractivity contribution < 1.29 is 13.9 Å². The Morgan fingerprint density at radius 1 is 1.03 bits per heavy atom. The molecule has 0 saturated carbocycles. The van der Waals surface area contributed by atoms with Gasteiger partial charge in [0.05, 0.1) is 10.4 Å². The van der Waals surface area contributed by atoms with E-state index in [4.69, 9.17) is 16.3 Å². The molecule has 0 bridgehead atoms. The molecule has 0 unspecified atom stereocenters. The molecule has 5 nitrogen and oxygen atoms in total. The normalized spacial score (nSPS) is 18.3. The summed E-state index contributed by atoms with van der Waals surface area (Å²) in [5.41, 5.74) is 1.49. The van der Waals surface area contributed by atoms with E-state index < -0.39 is 5.41 Å². The molecule has 1 amide bonds. The molecular formula is C30H33ClFN3O2. The molecule has 194 valence electrons. The number of benzene rings is 3. The standard InChI is InChI=1S/C30H33ClFN3O2/c31-27-6-1-2-7-28(27)37-26-5-3-4-22(20-26)21-35-18-12-25(13-19-35)34-29(36)30(14-16-33-17-15-30)23-8-10-24(32)11-9-23/h1-11,20,25,33H,12-19,21H2,(H,34,36). The van der Waals surface area contributed by atoms with Crippen molar-refractivity contribution in [2.45, 2.75) is 43.7 Å². The quantitative estimate of drug-likeness (QED) is 0.420. The van der Waals surface area contributed by atoms with Crippen molar-refractivity contribution in [1.82, 2.24) is 15.5 Å². The van der Waals surface area contributed by atoms with Crippen molar-refractivity contribution >= 4 is 17.5 Å². The lowest BCUT2D eigenvalue weighted by Crippen LogP contribution is -2.54. The zero-order valence-corrected chi connectivity index (χ0v) is 21.6. The third-order valence-electron chi connectivity index (χ3n) is 7.58. The summed E-state index contributed by atoms with van der Waals surface area (Å²) in [6.07, 6.45) is 3.24. The van der Waals surface area contributed by atoms with Crippen LogP contribution < -0.4 is 15.4 Å². The van der Waals surface area contributed by atoms with Gasteiger partial charge in [0.2, 0.25) is 5.91 Å². The van der Waals surface area contributed by atoms with E-state index in [1.165, 1.54) is 17.7 Å². The second-order valence-corrected chi connectivity index (χ2v) is 10.4. The van der Waals surface area contributed by atoms with Crippen molar-refractivity contribution in [3.05, 3.63) is 94.8 Å². The third-order valence-corrected chi connectivity index (χ3v) is 7.89. The van der Waals surface area contributed by atoms with Gasteiger partial charge in [-0.3, -0.25) is 9.69 Å². The van der Waals surface area contributed by atoms with E-state index in [-0.39, 0.29) is 17.8 Å². The van der Waals surface area contributed by atoms with Gasteiger partial charge >= 0.3 is 0 Å². The number of halogens is 2. The van der Waals surface area contributed by atoms with Crippen LogP contribution in [0.25, 0.3) is 0 Å². The Labute approximate surface area is 223 Å². The lowest BCUT2D eigenvalue weighted by molar-refractivity contribution is -0.129. The van der Waals surface area contributed by atoms with E-state index in [1.54, 1.807) is 12.1 Å². The van der Waals surface area contributed by atoms with Gasteiger partial charge in [0.1, 0.15) is 17.3 Å². The van der Waals surface area contributed by atoms with Gasteiger partial charge in [-0.15, -0.1) is 0 Å². The Morgan fingerprint density at radius 2 is 1.76 bits per heavy atom. The highest BCUT2D eigenvalue weighted by Crippen LogP contribution is 2.35. The Hall–Kier alpha value is -2.93. The summed E-state index contributed by atoms with van der Waals surface area (Å²) in [7, 11) is 0. The molecule has 0 aliphatic carbocycles. The minimum atomic E-state index is -0.599. The average Bonchev–Trinajstić information content (AvgIpc) is 2.92. The number of nitrogens with zero attached hydrogens (tertiary/aromatic N) is 1. The maximum absolute atomic E-state index is 13.6. The average molecular weight is 522 g/mol. The van der Waals surface area contributed by atoms with Crippen LogP contribution in [-0.2, 0) is 16.8 Å². The van der Waals surface area contributed by atoms with Crippen LogP contribution in [0.5, 0.6) is 11.5 Å². The lowest BCUT2D eigenvalue weighted by atomic mass is 9.72. The van der Waals surface area contributed by atoms with Crippen LogP contribution in [0.3, 0.4) is 0 Å². The van der Waals surface area contributed by atoms with Gasteiger partial charge in [-0.2, -0.15) is 0 Å². The molecule has 2 heterocycles. The number of rotatable bonds is 7. The lowest BCUT2D eigenvalue weighted by Gasteiger charge is -2.39. The summed E-state index contributed by atoms with van der Waals surface area (Å²) >= 11 is 6.24. The van der Waals surface area contributed by atoms with Crippen molar-refractivity contribution in [2.75, 3.05) is 26.2 Å². The van der Waals surface area contributed by atoms with Crippen LogP contribution in [0.1, 0.15) is 36.8 Å². The first kappa shape index (κ1) is 25.7. The van der Waals surface area contributed by atoms with Crippen molar-refractivity contribution in [3.8, 4) is 11.5 Å². The van der Waals surface area contributed by atoms with Crippen LogP contribution >= 0.6 is 11.6 Å². The molecule has 3 aromatic carbocycles. The van der Waals surface area contributed by atoms with Gasteiger partial charge in [0.25, 0.3) is 0 Å². The van der Waals surface area contributed by atoms with E-state index in [0.717, 1.165) is 69.7 Å². The van der Waals surface area contributed by atoms with Gasteiger partial charge in [0, 0.05) is 25.7 Å². The number of amides is 1. The number of hydrogen-bond acceptors (Lipinski definition) is 4. The molecule has 0 aromatic heterocycles. The van der Waals surface area contributed by atoms with Gasteiger partial charge in [0.15, 0.2) is 0 Å². The molecule has 5 rings (SSSR count). The van der Waals surface area contributed by atoms with Crippen LogP contribution in [0, 0.1) is 5.82 Å². The smallest absolute Gasteiger partial charge is 0.230 e. The zero-order chi connectivity index (χ0) is 25.7. The van der Waals surface area contributed by atoms with Gasteiger partial charge in [-0.1, -0.05) is 48.0 Å². The van der Waals surface area contributed by atoms with Crippen LogP contribution in [0.2, 0.25) is 5.02 Å². The predicted octanol–water partition coefficient (Wildman–Crippen LogP) is 5.67. The Bertz CT molecular complexity index is 1210. The third kappa shape index (κ3) is 6.15. The molecule has 3 aromatic rings. The molecule has 0 spiro atoms. The molecular weight excluding hydrogens is 489 g/mol. The molecule has 37 heavy (non-hydrogen) atoms. The summed E-state index contributed by atoms with van der Waals surface area (Å²) in [6.45, 7) is 4.20. The van der Waals surface area contributed by atoms with Gasteiger partial charge in [-0.05, 0) is 86.3 Å². The molecule has 2 saturated heterocycles.